The van der Waals surface area contributed by atoms with Crippen molar-refractivity contribution >= 4 is 5.96 Å². The minimum Gasteiger partial charge on any atom is -0.493 e. The zero-order valence-corrected chi connectivity index (χ0v) is 15.6. The summed E-state index contributed by atoms with van der Waals surface area (Å²) in [7, 11) is 0. The molecule has 0 spiro atoms. The number of nitrogens with two attached hydrogens (primary N) is 1. The second-order valence-electron chi connectivity index (χ2n) is 8.16. The van der Waals surface area contributed by atoms with Crippen molar-refractivity contribution in [2.45, 2.75) is 52.2 Å². The molecule has 1 aromatic carbocycles. The average molecular weight is 345 g/mol. The molecule has 138 valence electrons. The Morgan fingerprint density at radius 1 is 1.24 bits per heavy atom. The first kappa shape index (κ1) is 18.1. The highest BCUT2D eigenvalue weighted by Gasteiger charge is 2.35. The first-order valence-electron chi connectivity index (χ1n) is 9.35. The molecule has 0 aliphatic carbocycles. The third kappa shape index (κ3) is 4.46. The van der Waals surface area contributed by atoms with Gasteiger partial charge in [-0.15, -0.1) is 0 Å². The molecule has 5 nitrogen and oxygen atoms in total. The van der Waals surface area contributed by atoms with Crippen LogP contribution in [0.4, 0.5) is 0 Å². The number of nitrogens with zero attached hydrogens (tertiary/aromatic N) is 1. The number of aliphatic imine (C=N–C) groups is 1. The second kappa shape index (κ2) is 7.65. The zero-order valence-electron chi connectivity index (χ0n) is 15.6. The molecule has 2 aliphatic rings. The summed E-state index contributed by atoms with van der Waals surface area (Å²) >= 11 is 0. The first-order chi connectivity index (χ1) is 11.9. The minimum atomic E-state index is 0.127. The topological polar surface area (TPSA) is 68.9 Å². The number of guanidine groups is 1. The van der Waals surface area contributed by atoms with Gasteiger partial charge < -0.3 is 20.5 Å². The number of fused-ring (bicyclic) bond motifs is 1. The van der Waals surface area contributed by atoms with Crippen LogP contribution in [0, 0.1) is 11.3 Å². The number of ether oxygens (including phenoxy) is 2. The van der Waals surface area contributed by atoms with Crippen LogP contribution in [0.25, 0.3) is 0 Å². The van der Waals surface area contributed by atoms with E-state index in [0.717, 1.165) is 37.2 Å². The van der Waals surface area contributed by atoms with E-state index < -0.39 is 0 Å². The van der Waals surface area contributed by atoms with Crippen molar-refractivity contribution in [2.75, 3.05) is 19.8 Å². The molecule has 1 fully saturated rings. The fourth-order valence-corrected chi connectivity index (χ4v) is 3.92. The Morgan fingerprint density at radius 2 is 2.04 bits per heavy atom. The van der Waals surface area contributed by atoms with Gasteiger partial charge in [0.15, 0.2) is 5.96 Å². The van der Waals surface area contributed by atoms with E-state index >= 15 is 0 Å². The smallest absolute Gasteiger partial charge is 0.189 e. The van der Waals surface area contributed by atoms with Gasteiger partial charge in [-0.1, -0.05) is 39.0 Å². The highest BCUT2D eigenvalue weighted by Crippen LogP contribution is 2.34. The van der Waals surface area contributed by atoms with Gasteiger partial charge in [-0.2, -0.15) is 0 Å². The fourth-order valence-electron chi connectivity index (χ4n) is 3.92. The summed E-state index contributed by atoms with van der Waals surface area (Å²) in [5.41, 5.74) is 7.47. The number of hydrogen-bond donors (Lipinski definition) is 2. The summed E-state index contributed by atoms with van der Waals surface area (Å²) in [6, 6.07) is 8.28. The molecule has 2 aliphatic heterocycles. The molecule has 2 heterocycles. The van der Waals surface area contributed by atoms with E-state index in [0.29, 0.717) is 25.0 Å². The van der Waals surface area contributed by atoms with Gasteiger partial charge in [0.2, 0.25) is 0 Å². The van der Waals surface area contributed by atoms with Crippen molar-refractivity contribution in [3.63, 3.8) is 0 Å². The molecule has 3 atom stereocenters. The van der Waals surface area contributed by atoms with Crippen LogP contribution in [-0.4, -0.2) is 31.8 Å². The van der Waals surface area contributed by atoms with Crippen LogP contribution in [0.3, 0.4) is 0 Å². The highest BCUT2D eigenvalue weighted by molar-refractivity contribution is 5.78. The van der Waals surface area contributed by atoms with E-state index in [-0.39, 0.29) is 17.6 Å². The molecule has 5 heteroatoms. The van der Waals surface area contributed by atoms with Gasteiger partial charge in [0, 0.05) is 31.1 Å². The predicted molar refractivity (Wildman–Crippen MR) is 101 cm³/mol. The summed E-state index contributed by atoms with van der Waals surface area (Å²) in [6.07, 6.45) is 3.39. The van der Waals surface area contributed by atoms with E-state index in [1.165, 1.54) is 0 Å². The quantitative estimate of drug-likeness (QED) is 0.652. The molecule has 3 unspecified atom stereocenters. The monoisotopic (exact) mass is 345 g/mol. The Kier molecular flexibility index (Phi) is 5.52. The molecule has 1 aromatic rings. The van der Waals surface area contributed by atoms with Crippen LogP contribution >= 0.6 is 0 Å². The average Bonchev–Trinajstić information content (AvgIpc) is 2.60. The van der Waals surface area contributed by atoms with Gasteiger partial charge >= 0.3 is 0 Å². The summed E-state index contributed by atoms with van der Waals surface area (Å²) in [6.45, 7) is 8.98. The van der Waals surface area contributed by atoms with Gasteiger partial charge in [-0.05, 0) is 24.3 Å². The lowest BCUT2D eigenvalue weighted by molar-refractivity contribution is -0.0823. The van der Waals surface area contributed by atoms with E-state index in [1.54, 1.807) is 0 Å². The zero-order chi connectivity index (χ0) is 17.9. The molecule has 0 aromatic heterocycles. The van der Waals surface area contributed by atoms with Gasteiger partial charge in [-0.3, -0.25) is 4.99 Å². The van der Waals surface area contributed by atoms with Crippen molar-refractivity contribution < 1.29 is 9.47 Å². The number of rotatable bonds is 3. The van der Waals surface area contributed by atoms with Crippen molar-refractivity contribution in [3.05, 3.63) is 29.8 Å². The predicted octanol–water partition coefficient (Wildman–Crippen LogP) is 3.26. The van der Waals surface area contributed by atoms with E-state index in [4.69, 9.17) is 15.2 Å². The largest absolute Gasteiger partial charge is 0.493 e. The van der Waals surface area contributed by atoms with Gasteiger partial charge in [0.25, 0.3) is 0 Å². The maximum atomic E-state index is 6.19. The van der Waals surface area contributed by atoms with Crippen molar-refractivity contribution in [1.82, 2.24) is 5.32 Å². The Labute approximate surface area is 151 Å². The van der Waals surface area contributed by atoms with Gasteiger partial charge in [0.1, 0.15) is 5.75 Å². The summed E-state index contributed by atoms with van der Waals surface area (Å²) in [4.78, 5) is 4.64. The summed E-state index contributed by atoms with van der Waals surface area (Å²) in [5.74, 6) is 1.88. The lowest BCUT2D eigenvalue weighted by Crippen LogP contribution is -2.42. The van der Waals surface area contributed by atoms with Crippen molar-refractivity contribution in [2.24, 2.45) is 22.1 Å². The number of benzene rings is 1. The first-order valence-corrected chi connectivity index (χ1v) is 9.35. The fraction of sp³-hybridized carbons (Fsp3) is 0.650. The van der Waals surface area contributed by atoms with Crippen molar-refractivity contribution in [3.8, 4) is 5.75 Å². The minimum absolute atomic E-state index is 0.127. The molecule has 0 bridgehead atoms. The molecular weight excluding hydrogens is 314 g/mol. The van der Waals surface area contributed by atoms with Crippen LogP contribution in [0.1, 0.15) is 51.6 Å². The Morgan fingerprint density at radius 3 is 2.84 bits per heavy atom. The molecule has 1 saturated heterocycles. The number of para-hydroxylation sites is 1. The van der Waals surface area contributed by atoms with Crippen LogP contribution in [-0.2, 0) is 4.74 Å². The lowest BCUT2D eigenvalue weighted by atomic mass is 9.78. The molecular formula is C20H31N3O2. The number of hydrogen-bond acceptors (Lipinski definition) is 3. The van der Waals surface area contributed by atoms with Crippen LogP contribution in [0.2, 0.25) is 0 Å². The molecule has 0 saturated carbocycles. The number of nitrogens with one attached hydrogen (secondary N) is 1. The Balaban J connectivity index is 1.63. The van der Waals surface area contributed by atoms with Crippen LogP contribution in [0.15, 0.2) is 29.3 Å². The maximum absolute atomic E-state index is 6.19. The molecule has 0 amide bonds. The van der Waals surface area contributed by atoms with Gasteiger partial charge in [0.05, 0.1) is 18.8 Å². The lowest BCUT2D eigenvalue weighted by Gasteiger charge is -2.39. The molecule has 3 N–H and O–H groups in total. The van der Waals surface area contributed by atoms with E-state index in [2.05, 4.69) is 37.1 Å². The van der Waals surface area contributed by atoms with Crippen LogP contribution in [0.5, 0.6) is 5.75 Å². The Hall–Kier alpha value is -1.75. The van der Waals surface area contributed by atoms with E-state index in [9.17, 15) is 0 Å². The molecule has 0 radical (unpaired) electrons. The molecule has 25 heavy (non-hydrogen) atoms. The third-order valence-corrected chi connectivity index (χ3v) is 5.08. The second-order valence-corrected chi connectivity index (χ2v) is 8.16. The normalized spacial score (nSPS) is 27.3. The standard InChI is InChI=1S/C20H31N3O2/c1-20(2,3)18-14(7-6-11-25-18)13-22-19(21)23-16-10-12-24-17-9-5-4-8-15(16)17/h4-5,8-9,14,16,18H,6-7,10-13H2,1-3H3,(H3,21,22,23). The summed E-state index contributed by atoms with van der Waals surface area (Å²) < 4.78 is 11.7. The van der Waals surface area contributed by atoms with Crippen LogP contribution < -0.4 is 15.8 Å². The highest BCUT2D eigenvalue weighted by atomic mass is 16.5. The van der Waals surface area contributed by atoms with Crippen molar-refractivity contribution in [1.29, 1.82) is 0 Å². The Bertz CT molecular complexity index is 609. The third-order valence-electron chi connectivity index (χ3n) is 5.08. The SMILES string of the molecule is CC(C)(C)C1OCCCC1CN=C(N)NC1CCOc2ccccc21. The van der Waals surface area contributed by atoms with E-state index in [1.807, 2.05) is 18.2 Å². The molecule has 3 rings (SSSR count). The summed E-state index contributed by atoms with van der Waals surface area (Å²) in [5, 5.41) is 3.38. The maximum Gasteiger partial charge on any atom is 0.189 e. The van der Waals surface area contributed by atoms with Gasteiger partial charge in [-0.25, -0.2) is 0 Å².